The Morgan fingerprint density at radius 3 is 2.33 bits per heavy atom. The maximum atomic E-state index is 13.8. The molecule has 1 aromatic heterocycles. The molecular formula is C29H35ClN2O5S2. The number of aryl methyl sites for hydroxylation is 2. The van der Waals surface area contributed by atoms with Gasteiger partial charge in [0, 0.05) is 53.1 Å². The summed E-state index contributed by atoms with van der Waals surface area (Å²) in [7, 11) is -1.75. The smallest absolute Gasteiger partial charge is 0.250 e. The molecule has 1 unspecified atom stereocenters. The highest BCUT2D eigenvalue weighted by Gasteiger charge is 2.30. The Morgan fingerprint density at radius 2 is 1.74 bits per heavy atom. The lowest BCUT2D eigenvalue weighted by molar-refractivity contribution is 0.103. The van der Waals surface area contributed by atoms with Gasteiger partial charge < -0.3 is 9.12 Å². The standard InChI is InChI=1S/C29H35ClN2O5S2/c1-8-39(36,37)17-20-10-12-21(28(34)22-11-9-18(2)13-26(22)30)24(14-20)25-16-32(7)27(33)15-23(25)19(3)31-38(35)29(4,5)6/h9-16,19,31H,8,17H2,1-7H3/t19-,38?/m0/s1. The fourth-order valence-electron chi connectivity index (χ4n) is 4.04. The second-order valence-electron chi connectivity index (χ2n) is 10.7. The Labute approximate surface area is 238 Å². The Morgan fingerprint density at radius 1 is 1.10 bits per heavy atom. The van der Waals surface area contributed by atoms with Crippen LogP contribution in [0.15, 0.2) is 53.5 Å². The van der Waals surface area contributed by atoms with Crippen molar-refractivity contribution in [3.8, 4) is 11.1 Å². The summed E-state index contributed by atoms with van der Waals surface area (Å²) < 4.78 is 41.7. The molecule has 1 heterocycles. The van der Waals surface area contributed by atoms with Crippen LogP contribution in [0.25, 0.3) is 11.1 Å². The molecule has 7 nitrogen and oxygen atoms in total. The Hall–Kier alpha value is -2.43. The van der Waals surface area contributed by atoms with Crippen LogP contribution in [0.2, 0.25) is 5.02 Å². The molecule has 0 aliphatic rings. The first-order valence-corrected chi connectivity index (χ1v) is 15.9. The first kappa shape index (κ1) is 31.1. The summed E-state index contributed by atoms with van der Waals surface area (Å²) in [5.74, 6) is -0.551. The minimum absolute atomic E-state index is 0.0212. The zero-order valence-electron chi connectivity index (χ0n) is 23.3. The van der Waals surface area contributed by atoms with Crippen molar-refractivity contribution in [2.24, 2.45) is 7.05 Å². The average Bonchev–Trinajstić information content (AvgIpc) is 2.84. The van der Waals surface area contributed by atoms with Crippen LogP contribution in [0.4, 0.5) is 0 Å². The van der Waals surface area contributed by atoms with Gasteiger partial charge in [-0.15, -0.1) is 4.72 Å². The van der Waals surface area contributed by atoms with Crippen molar-refractivity contribution in [1.82, 2.24) is 9.29 Å². The van der Waals surface area contributed by atoms with Gasteiger partial charge in [0.25, 0.3) is 5.56 Å². The normalized spacial score (nSPS) is 13.8. The van der Waals surface area contributed by atoms with E-state index in [2.05, 4.69) is 4.72 Å². The highest BCUT2D eigenvalue weighted by atomic mass is 35.5. The van der Waals surface area contributed by atoms with Gasteiger partial charge in [0.15, 0.2) is 15.6 Å². The third-order valence-electron chi connectivity index (χ3n) is 6.38. The summed E-state index contributed by atoms with van der Waals surface area (Å²) in [4.78, 5) is 26.5. The van der Waals surface area contributed by atoms with Crippen LogP contribution in [0.5, 0.6) is 0 Å². The number of sulfone groups is 1. The van der Waals surface area contributed by atoms with Crippen molar-refractivity contribution < 1.29 is 17.8 Å². The molecule has 3 aromatic rings. The summed E-state index contributed by atoms with van der Waals surface area (Å²) in [6, 6.07) is 11.0. The van der Waals surface area contributed by atoms with Gasteiger partial charge in [-0.2, -0.15) is 0 Å². The maximum absolute atomic E-state index is 13.8. The van der Waals surface area contributed by atoms with Crippen LogP contribution in [0.1, 0.15) is 73.3 Å². The number of aromatic nitrogens is 1. The number of hydrogen-bond donors (Lipinski definition) is 1. The van der Waals surface area contributed by atoms with E-state index in [0.29, 0.717) is 38.4 Å². The third-order valence-corrected chi connectivity index (χ3v) is 10.0. The van der Waals surface area contributed by atoms with Gasteiger partial charge in [-0.1, -0.05) is 36.7 Å². The van der Waals surface area contributed by atoms with Gasteiger partial charge >= 0.3 is 0 Å². The molecule has 10 heteroatoms. The van der Waals surface area contributed by atoms with Crippen molar-refractivity contribution >= 4 is 38.6 Å². The van der Waals surface area contributed by atoms with Gasteiger partial charge in [0.1, 0.15) is 4.75 Å². The van der Waals surface area contributed by atoms with E-state index in [1.807, 2.05) is 27.7 Å². The van der Waals surface area contributed by atoms with E-state index in [9.17, 15) is 22.6 Å². The van der Waals surface area contributed by atoms with Crippen molar-refractivity contribution in [2.45, 2.75) is 58.1 Å². The molecule has 0 saturated carbocycles. The van der Waals surface area contributed by atoms with Crippen LogP contribution in [0, 0.1) is 6.92 Å². The fraction of sp³-hybridized carbons (Fsp3) is 0.379. The second-order valence-corrected chi connectivity index (χ2v) is 15.4. The Bertz CT molecular complexity index is 1560. The molecule has 0 aliphatic heterocycles. The first-order valence-electron chi connectivity index (χ1n) is 12.6. The summed E-state index contributed by atoms with van der Waals surface area (Å²) in [6.45, 7) is 10.8. The first-order chi connectivity index (χ1) is 18.0. The van der Waals surface area contributed by atoms with Gasteiger partial charge in [-0.3, -0.25) is 9.59 Å². The quantitative estimate of drug-likeness (QED) is 0.268. The zero-order valence-corrected chi connectivity index (χ0v) is 25.7. The second kappa shape index (κ2) is 12.0. The molecule has 2 aromatic carbocycles. The number of nitrogens with zero attached hydrogens (tertiary/aromatic N) is 1. The highest BCUT2D eigenvalue weighted by molar-refractivity contribution is 7.91. The molecule has 210 valence electrons. The lowest BCUT2D eigenvalue weighted by Crippen LogP contribution is -2.41. The molecular weight excluding hydrogens is 556 g/mol. The van der Waals surface area contributed by atoms with Crippen molar-refractivity contribution in [1.29, 1.82) is 0 Å². The fourth-order valence-corrected chi connectivity index (χ4v) is 6.05. The lowest BCUT2D eigenvalue weighted by Gasteiger charge is -2.27. The molecule has 0 aliphatic carbocycles. The highest BCUT2D eigenvalue weighted by Crippen LogP contribution is 2.34. The molecule has 0 fully saturated rings. The minimum Gasteiger partial charge on any atom is -0.598 e. The predicted octanol–water partition coefficient (Wildman–Crippen LogP) is 5.29. The molecule has 1 N–H and O–H groups in total. The van der Waals surface area contributed by atoms with E-state index >= 15 is 0 Å². The number of pyridine rings is 1. The number of nitrogens with one attached hydrogen (secondary N) is 1. The topological polar surface area (TPSA) is 108 Å². The number of halogens is 1. The van der Waals surface area contributed by atoms with E-state index in [-0.39, 0.29) is 22.8 Å². The van der Waals surface area contributed by atoms with E-state index in [1.165, 1.54) is 10.6 Å². The van der Waals surface area contributed by atoms with E-state index in [0.717, 1.165) is 5.56 Å². The third kappa shape index (κ3) is 7.41. The number of ketones is 1. The monoisotopic (exact) mass is 590 g/mol. The maximum Gasteiger partial charge on any atom is 0.250 e. The summed E-state index contributed by atoms with van der Waals surface area (Å²) in [5, 5.41) is 0.305. The van der Waals surface area contributed by atoms with Crippen molar-refractivity contribution in [2.75, 3.05) is 5.75 Å². The van der Waals surface area contributed by atoms with Crippen LogP contribution >= 0.6 is 11.6 Å². The van der Waals surface area contributed by atoms with E-state index in [1.54, 1.807) is 63.5 Å². The largest absolute Gasteiger partial charge is 0.598 e. The molecule has 2 atom stereocenters. The minimum atomic E-state index is -3.36. The number of benzene rings is 2. The van der Waals surface area contributed by atoms with Gasteiger partial charge in [0.05, 0.1) is 16.8 Å². The van der Waals surface area contributed by atoms with Crippen molar-refractivity contribution in [3.63, 3.8) is 0 Å². The summed E-state index contributed by atoms with van der Waals surface area (Å²) >= 11 is 5.01. The number of hydrogen-bond acceptors (Lipinski definition) is 6. The van der Waals surface area contributed by atoms with Crippen LogP contribution < -0.4 is 10.3 Å². The van der Waals surface area contributed by atoms with Crippen LogP contribution in [-0.4, -0.2) is 33.8 Å². The van der Waals surface area contributed by atoms with Gasteiger partial charge in [-0.05, 0) is 75.1 Å². The lowest BCUT2D eigenvalue weighted by atomic mass is 9.89. The summed E-state index contributed by atoms with van der Waals surface area (Å²) in [5.41, 5.74) is 3.30. The van der Waals surface area contributed by atoms with Crippen LogP contribution in [-0.2, 0) is 34.0 Å². The Kier molecular flexibility index (Phi) is 9.55. The van der Waals surface area contributed by atoms with Gasteiger partial charge in [-0.25, -0.2) is 8.42 Å². The predicted molar refractivity (Wildman–Crippen MR) is 159 cm³/mol. The average molecular weight is 591 g/mol. The molecule has 0 amide bonds. The molecule has 39 heavy (non-hydrogen) atoms. The van der Waals surface area contributed by atoms with Crippen LogP contribution in [0.3, 0.4) is 0 Å². The summed E-state index contributed by atoms with van der Waals surface area (Å²) in [6.07, 6.45) is 1.62. The number of rotatable bonds is 9. The number of carbonyl (C=O) groups is 1. The molecule has 0 saturated heterocycles. The zero-order chi connectivity index (χ0) is 29.3. The Balaban J connectivity index is 2.29. The molecule has 0 radical (unpaired) electrons. The molecule has 0 bridgehead atoms. The number of carbonyl (C=O) groups excluding carboxylic acids is 1. The van der Waals surface area contributed by atoms with E-state index < -0.39 is 32.0 Å². The van der Waals surface area contributed by atoms with E-state index in [4.69, 9.17) is 11.6 Å². The van der Waals surface area contributed by atoms with Gasteiger partial charge in [0.2, 0.25) is 0 Å². The molecule has 3 rings (SSSR count). The molecule has 0 spiro atoms. The SMILES string of the molecule is CCS(=O)(=O)Cc1ccc(C(=O)c2ccc(C)cc2Cl)c(-c2cn(C)c(=O)cc2[C@H](C)N[S+]([O-])C(C)(C)C)c1. The van der Waals surface area contributed by atoms with Crippen molar-refractivity contribution in [3.05, 3.63) is 91.9 Å².